The van der Waals surface area contributed by atoms with Crippen molar-refractivity contribution < 1.29 is 4.74 Å². The highest BCUT2D eigenvalue weighted by molar-refractivity contribution is 5.87. The van der Waals surface area contributed by atoms with Gasteiger partial charge in [-0.3, -0.25) is 0 Å². The van der Waals surface area contributed by atoms with Gasteiger partial charge in [-0.25, -0.2) is 14.6 Å². The predicted molar refractivity (Wildman–Crippen MR) is 98.4 cm³/mol. The van der Waals surface area contributed by atoms with E-state index in [0.717, 1.165) is 35.6 Å². The van der Waals surface area contributed by atoms with Gasteiger partial charge in [-0.15, -0.1) is 0 Å². The molecule has 1 aromatic carbocycles. The Kier molecular flexibility index (Phi) is 3.92. The molecule has 0 bridgehead atoms. The largest absolute Gasteiger partial charge is 0.372 e. The molecule has 0 amide bonds. The third-order valence-electron chi connectivity index (χ3n) is 4.51. The standard InChI is InChI=1S/C19H23N5O/c1-12-5-13(2)7-16(6-12)24-19-17(8-22-24)18(20-11-21-19)23-9-14(3)25-15(4)10-23/h5-8,11,14-15H,9-10H2,1-4H3/t14-,15-/m0/s1. The van der Waals surface area contributed by atoms with E-state index in [1.165, 1.54) is 11.1 Å². The Morgan fingerprint density at radius 3 is 2.36 bits per heavy atom. The normalized spacial score (nSPS) is 21.0. The van der Waals surface area contributed by atoms with Crippen molar-refractivity contribution in [3.63, 3.8) is 0 Å². The average Bonchev–Trinajstić information content (AvgIpc) is 2.97. The van der Waals surface area contributed by atoms with Crippen LogP contribution in [0.25, 0.3) is 16.7 Å². The molecule has 6 nitrogen and oxygen atoms in total. The molecule has 0 saturated carbocycles. The van der Waals surface area contributed by atoms with Crippen LogP contribution in [0.15, 0.2) is 30.7 Å². The van der Waals surface area contributed by atoms with Gasteiger partial charge in [0.05, 0.1) is 29.5 Å². The molecule has 3 heterocycles. The fraction of sp³-hybridized carbons (Fsp3) is 0.421. The van der Waals surface area contributed by atoms with Gasteiger partial charge in [0.2, 0.25) is 0 Å². The van der Waals surface area contributed by atoms with Crippen LogP contribution in [0.5, 0.6) is 0 Å². The molecule has 130 valence electrons. The highest BCUT2D eigenvalue weighted by atomic mass is 16.5. The first-order valence-electron chi connectivity index (χ1n) is 8.69. The van der Waals surface area contributed by atoms with Crippen LogP contribution in [-0.2, 0) is 4.74 Å². The summed E-state index contributed by atoms with van der Waals surface area (Å²) in [5.74, 6) is 0.933. The Balaban J connectivity index is 1.80. The highest BCUT2D eigenvalue weighted by Gasteiger charge is 2.25. The van der Waals surface area contributed by atoms with E-state index < -0.39 is 0 Å². The quantitative estimate of drug-likeness (QED) is 0.719. The van der Waals surface area contributed by atoms with Gasteiger partial charge in [0, 0.05) is 13.1 Å². The maximum atomic E-state index is 5.84. The molecular formula is C19H23N5O. The first-order valence-corrected chi connectivity index (χ1v) is 8.69. The second kappa shape index (κ2) is 6.11. The van der Waals surface area contributed by atoms with Crippen LogP contribution in [0.3, 0.4) is 0 Å². The second-order valence-electron chi connectivity index (χ2n) is 7.00. The molecule has 0 aliphatic carbocycles. The molecule has 0 N–H and O–H groups in total. The van der Waals surface area contributed by atoms with Gasteiger partial charge < -0.3 is 9.64 Å². The zero-order valence-electron chi connectivity index (χ0n) is 15.1. The molecule has 2 aromatic heterocycles. The van der Waals surface area contributed by atoms with Crippen molar-refractivity contribution in [2.75, 3.05) is 18.0 Å². The van der Waals surface area contributed by atoms with Crippen LogP contribution >= 0.6 is 0 Å². The number of aryl methyl sites for hydroxylation is 2. The molecular weight excluding hydrogens is 314 g/mol. The van der Waals surface area contributed by atoms with Crippen LogP contribution in [0.4, 0.5) is 5.82 Å². The molecule has 1 aliphatic rings. The number of benzene rings is 1. The zero-order chi connectivity index (χ0) is 17.6. The van der Waals surface area contributed by atoms with Crippen LogP contribution in [0.1, 0.15) is 25.0 Å². The maximum Gasteiger partial charge on any atom is 0.168 e. The van der Waals surface area contributed by atoms with Crippen molar-refractivity contribution in [1.82, 2.24) is 19.7 Å². The zero-order valence-corrected chi connectivity index (χ0v) is 15.1. The number of anilines is 1. The van der Waals surface area contributed by atoms with Gasteiger partial charge in [0.1, 0.15) is 12.1 Å². The van der Waals surface area contributed by atoms with Gasteiger partial charge in [0.25, 0.3) is 0 Å². The first kappa shape index (κ1) is 16.0. The number of morpholine rings is 1. The van der Waals surface area contributed by atoms with Crippen molar-refractivity contribution in [3.8, 4) is 5.69 Å². The lowest BCUT2D eigenvalue weighted by Gasteiger charge is -2.36. The highest BCUT2D eigenvalue weighted by Crippen LogP contribution is 2.27. The van der Waals surface area contributed by atoms with E-state index in [4.69, 9.17) is 4.74 Å². The monoisotopic (exact) mass is 337 g/mol. The number of ether oxygens (including phenoxy) is 1. The average molecular weight is 337 g/mol. The summed E-state index contributed by atoms with van der Waals surface area (Å²) in [6.07, 6.45) is 3.86. The van der Waals surface area contributed by atoms with Crippen LogP contribution in [-0.4, -0.2) is 45.0 Å². The van der Waals surface area contributed by atoms with Gasteiger partial charge in [0.15, 0.2) is 5.65 Å². The summed E-state index contributed by atoms with van der Waals surface area (Å²) in [4.78, 5) is 11.3. The lowest BCUT2D eigenvalue weighted by atomic mass is 10.1. The Bertz CT molecular complexity index is 889. The Morgan fingerprint density at radius 1 is 1.00 bits per heavy atom. The van der Waals surface area contributed by atoms with Gasteiger partial charge in [-0.2, -0.15) is 5.10 Å². The molecule has 1 aliphatic heterocycles. The van der Waals surface area contributed by atoms with Gasteiger partial charge in [-0.1, -0.05) is 6.07 Å². The number of fused-ring (bicyclic) bond motifs is 1. The summed E-state index contributed by atoms with van der Waals surface area (Å²) in [6.45, 7) is 10.0. The number of hydrogen-bond donors (Lipinski definition) is 0. The van der Waals surface area contributed by atoms with E-state index in [2.05, 4.69) is 65.9 Å². The Hall–Kier alpha value is -2.47. The molecule has 0 unspecified atom stereocenters. The summed E-state index contributed by atoms with van der Waals surface area (Å²) >= 11 is 0. The molecule has 2 atom stereocenters. The van der Waals surface area contributed by atoms with Crippen molar-refractivity contribution >= 4 is 16.9 Å². The number of hydrogen-bond acceptors (Lipinski definition) is 5. The lowest BCUT2D eigenvalue weighted by Crippen LogP contribution is -2.45. The fourth-order valence-corrected chi connectivity index (χ4v) is 3.70. The predicted octanol–water partition coefficient (Wildman–Crippen LogP) is 3.05. The van der Waals surface area contributed by atoms with Gasteiger partial charge >= 0.3 is 0 Å². The molecule has 4 rings (SSSR count). The van der Waals surface area contributed by atoms with Crippen LogP contribution in [0, 0.1) is 13.8 Å². The summed E-state index contributed by atoms with van der Waals surface area (Å²) in [7, 11) is 0. The van der Waals surface area contributed by atoms with E-state index in [1.54, 1.807) is 6.33 Å². The molecule has 25 heavy (non-hydrogen) atoms. The minimum absolute atomic E-state index is 0.184. The van der Waals surface area contributed by atoms with E-state index in [-0.39, 0.29) is 12.2 Å². The van der Waals surface area contributed by atoms with E-state index >= 15 is 0 Å². The van der Waals surface area contributed by atoms with E-state index in [9.17, 15) is 0 Å². The van der Waals surface area contributed by atoms with Crippen LogP contribution in [0.2, 0.25) is 0 Å². The number of rotatable bonds is 2. The van der Waals surface area contributed by atoms with Crippen molar-refractivity contribution in [2.45, 2.75) is 39.9 Å². The molecule has 0 radical (unpaired) electrons. The lowest BCUT2D eigenvalue weighted by molar-refractivity contribution is -0.00537. The minimum Gasteiger partial charge on any atom is -0.372 e. The topological polar surface area (TPSA) is 56.1 Å². The maximum absolute atomic E-state index is 5.84. The second-order valence-corrected chi connectivity index (χ2v) is 7.00. The molecule has 0 spiro atoms. The number of nitrogens with zero attached hydrogens (tertiary/aromatic N) is 5. The SMILES string of the molecule is Cc1cc(C)cc(-n2ncc3c(N4C[C@H](C)O[C@@H](C)C4)ncnc32)c1. The molecule has 1 saturated heterocycles. The number of aromatic nitrogens is 4. The molecule has 1 fully saturated rings. The van der Waals surface area contributed by atoms with E-state index in [1.807, 2.05) is 10.9 Å². The minimum atomic E-state index is 0.184. The van der Waals surface area contributed by atoms with Gasteiger partial charge in [-0.05, 0) is 51.0 Å². The van der Waals surface area contributed by atoms with Crippen LogP contribution < -0.4 is 4.90 Å². The Morgan fingerprint density at radius 2 is 1.68 bits per heavy atom. The fourth-order valence-electron chi connectivity index (χ4n) is 3.70. The van der Waals surface area contributed by atoms with Crippen molar-refractivity contribution in [1.29, 1.82) is 0 Å². The van der Waals surface area contributed by atoms with E-state index in [0.29, 0.717) is 0 Å². The van der Waals surface area contributed by atoms with Crippen molar-refractivity contribution in [3.05, 3.63) is 41.9 Å². The first-order chi connectivity index (χ1) is 12.0. The summed E-state index contributed by atoms with van der Waals surface area (Å²) in [5, 5.41) is 5.57. The smallest absolute Gasteiger partial charge is 0.168 e. The summed E-state index contributed by atoms with van der Waals surface area (Å²) < 4.78 is 7.74. The third kappa shape index (κ3) is 2.98. The molecule has 3 aromatic rings. The van der Waals surface area contributed by atoms with Crippen molar-refractivity contribution in [2.24, 2.45) is 0 Å². The summed E-state index contributed by atoms with van der Waals surface area (Å²) in [5.41, 5.74) is 4.29. The summed E-state index contributed by atoms with van der Waals surface area (Å²) in [6, 6.07) is 6.41. The Labute approximate surface area is 147 Å². The molecule has 6 heteroatoms. The third-order valence-corrected chi connectivity index (χ3v) is 4.51.